The van der Waals surface area contributed by atoms with Crippen LogP contribution in [0.25, 0.3) is 0 Å². The van der Waals surface area contributed by atoms with Gasteiger partial charge >= 0.3 is 0 Å². The lowest BCUT2D eigenvalue weighted by Gasteiger charge is -2.36. The molecule has 27 heavy (non-hydrogen) atoms. The molecule has 9 heteroatoms. The number of carbonyl (C=O) groups excluding carboxylic acids is 2. The number of hydrogen-bond acceptors (Lipinski definition) is 6. The molecule has 0 saturated carbocycles. The lowest BCUT2D eigenvalue weighted by atomic mass is 9.95. The van der Waals surface area contributed by atoms with Crippen LogP contribution in [0.1, 0.15) is 32.6 Å². The topological polar surface area (TPSA) is 74.1 Å². The summed E-state index contributed by atoms with van der Waals surface area (Å²) in [7, 11) is 0. The molecule has 0 aromatic carbocycles. The molecule has 0 aliphatic carbocycles. The van der Waals surface area contributed by atoms with Crippen molar-refractivity contribution in [2.24, 2.45) is 5.92 Å². The number of piperazine rings is 1. The molecular weight excluding hydrogens is 364 g/mol. The molecule has 0 spiro atoms. The maximum atomic E-state index is 12.8. The zero-order valence-electron chi connectivity index (χ0n) is 16.0. The molecule has 4 rings (SSSR count). The van der Waals surface area contributed by atoms with Crippen molar-refractivity contribution in [3.05, 3.63) is 0 Å². The second-order valence-corrected chi connectivity index (χ2v) is 8.64. The number of carbonyl (C=O) groups is 2. The molecule has 3 fully saturated rings. The molecule has 3 aliphatic rings. The smallest absolute Gasteiger partial charge is 0.228 e. The van der Waals surface area contributed by atoms with Gasteiger partial charge < -0.3 is 14.7 Å². The Bertz CT molecular complexity index is 679. The summed E-state index contributed by atoms with van der Waals surface area (Å²) in [5, 5.41) is 10.1. The summed E-state index contributed by atoms with van der Waals surface area (Å²) < 4.78 is 0. The highest BCUT2D eigenvalue weighted by Crippen LogP contribution is 2.32. The van der Waals surface area contributed by atoms with Crippen LogP contribution in [0, 0.1) is 5.92 Å². The summed E-state index contributed by atoms with van der Waals surface area (Å²) in [6.07, 6.45) is 3.25. The summed E-state index contributed by atoms with van der Waals surface area (Å²) in [5.74, 6) is 0.620. The van der Waals surface area contributed by atoms with Crippen LogP contribution in [-0.4, -0.2) is 79.3 Å². The number of nitrogens with zero attached hydrogens (tertiary/aromatic N) is 5. The minimum absolute atomic E-state index is 0.136. The Morgan fingerprint density at radius 2 is 1.81 bits per heavy atom. The highest BCUT2D eigenvalue weighted by atomic mass is 32.1. The fourth-order valence-electron chi connectivity index (χ4n) is 4.27. The van der Waals surface area contributed by atoms with E-state index in [1.54, 1.807) is 9.80 Å². The Morgan fingerprint density at radius 1 is 1.11 bits per heavy atom. The van der Waals surface area contributed by atoms with Crippen molar-refractivity contribution < 1.29 is 14.5 Å². The molecule has 4 heterocycles. The monoisotopic (exact) mass is 393 g/mol. The summed E-state index contributed by atoms with van der Waals surface area (Å²) in [6.45, 7) is 9.70. The van der Waals surface area contributed by atoms with E-state index in [9.17, 15) is 9.59 Å². The van der Waals surface area contributed by atoms with Crippen LogP contribution < -0.4 is 14.7 Å². The van der Waals surface area contributed by atoms with Crippen LogP contribution in [0.5, 0.6) is 0 Å². The van der Waals surface area contributed by atoms with Crippen LogP contribution in [-0.2, 0) is 9.59 Å². The van der Waals surface area contributed by atoms with Gasteiger partial charge in [-0.25, -0.2) is 0 Å². The van der Waals surface area contributed by atoms with Crippen molar-refractivity contribution in [2.45, 2.75) is 32.6 Å². The van der Waals surface area contributed by atoms with Crippen LogP contribution in [0.4, 0.5) is 10.3 Å². The lowest BCUT2D eigenvalue weighted by Crippen LogP contribution is -3.14. The lowest BCUT2D eigenvalue weighted by molar-refractivity contribution is -0.902. The third-order valence-corrected chi connectivity index (χ3v) is 7.11. The third-order valence-electron chi connectivity index (χ3n) is 6.10. The summed E-state index contributed by atoms with van der Waals surface area (Å²) >= 11 is 1.49. The molecular formula is C18H29N6O2S+. The first-order chi connectivity index (χ1) is 13.2. The molecule has 3 saturated heterocycles. The van der Waals surface area contributed by atoms with Crippen molar-refractivity contribution in [3.8, 4) is 0 Å². The number of aromatic nitrogens is 2. The van der Waals surface area contributed by atoms with Gasteiger partial charge in [0, 0.05) is 32.0 Å². The predicted molar refractivity (Wildman–Crippen MR) is 104 cm³/mol. The number of nitrogens with one attached hydrogen (secondary N) is 1. The molecule has 0 radical (unpaired) electrons. The van der Waals surface area contributed by atoms with Gasteiger partial charge in [0.2, 0.25) is 22.1 Å². The van der Waals surface area contributed by atoms with E-state index in [1.165, 1.54) is 11.3 Å². The fourth-order valence-corrected chi connectivity index (χ4v) is 5.21. The molecule has 1 aromatic heterocycles. The molecule has 0 bridgehead atoms. The second kappa shape index (κ2) is 8.10. The van der Waals surface area contributed by atoms with Gasteiger partial charge in [0.15, 0.2) is 0 Å². The predicted octanol–water partition coefficient (Wildman–Crippen LogP) is -0.372. The quantitative estimate of drug-likeness (QED) is 0.756. The van der Waals surface area contributed by atoms with Crippen LogP contribution in [0.2, 0.25) is 0 Å². The Balaban J connectivity index is 1.29. The van der Waals surface area contributed by atoms with E-state index in [2.05, 4.69) is 26.9 Å². The number of anilines is 2. The SMILES string of the molecule is CC[NH+]1CCN(C(=O)C2CCN(c3nnc(N4CCCC4=O)s3)CC2)CC1. The van der Waals surface area contributed by atoms with E-state index in [1.807, 2.05) is 0 Å². The normalized spacial score (nSPS) is 22.7. The highest BCUT2D eigenvalue weighted by molar-refractivity contribution is 7.19. The van der Waals surface area contributed by atoms with E-state index in [4.69, 9.17) is 0 Å². The largest absolute Gasteiger partial charge is 0.347 e. The number of piperidine rings is 1. The molecule has 148 valence electrons. The Labute approximate surface area is 164 Å². The number of quaternary nitrogens is 1. The van der Waals surface area contributed by atoms with E-state index < -0.39 is 0 Å². The first-order valence-corrected chi connectivity index (χ1v) is 11.0. The molecule has 3 aliphatic heterocycles. The number of likely N-dealkylation sites (N-methyl/N-ethyl adjacent to an activating group) is 1. The minimum Gasteiger partial charge on any atom is -0.347 e. The maximum absolute atomic E-state index is 12.8. The van der Waals surface area contributed by atoms with Crippen molar-refractivity contribution in [2.75, 3.05) is 62.2 Å². The Kier molecular flexibility index (Phi) is 5.58. The van der Waals surface area contributed by atoms with Gasteiger partial charge in [-0.1, -0.05) is 11.3 Å². The van der Waals surface area contributed by atoms with Gasteiger partial charge in [-0.15, -0.1) is 10.2 Å². The molecule has 2 amide bonds. The van der Waals surface area contributed by atoms with Crippen molar-refractivity contribution in [1.29, 1.82) is 0 Å². The van der Waals surface area contributed by atoms with E-state index >= 15 is 0 Å². The molecule has 1 N–H and O–H groups in total. The first-order valence-electron chi connectivity index (χ1n) is 10.2. The summed E-state index contributed by atoms with van der Waals surface area (Å²) in [4.78, 5) is 32.3. The van der Waals surface area contributed by atoms with E-state index in [0.29, 0.717) is 17.5 Å². The summed E-state index contributed by atoms with van der Waals surface area (Å²) in [5.41, 5.74) is 0. The van der Waals surface area contributed by atoms with Crippen LogP contribution in [0.15, 0.2) is 0 Å². The van der Waals surface area contributed by atoms with E-state index in [0.717, 1.165) is 76.8 Å². The van der Waals surface area contributed by atoms with Gasteiger partial charge in [-0.2, -0.15) is 0 Å². The van der Waals surface area contributed by atoms with Gasteiger partial charge in [0.05, 0.1) is 32.7 Å². The average Bonchev–Trinajstić information content (AvgIpc) is 3.36. The van der Waals surface area contributed by atoms with E-state index in [-0.39, 0.29) is 11.8 Å². The zero-order valence-corrected chi connectivity index (χ0v) is 16.8. The van der Waals surface area contributed by atoms with Crippen molar-refractivity contribution in [3.63, 3.8) is 0 Å². The second-order valence-electron chi connectivity index (χ2n) is 7.71. The first kappa shape index (κ1) is 18.6. The van der Waals surface area contributed by atoms with Gasteiger partial charge in [-0.05, 0) is 26.2 Å². The maximum Gasteiger partial charge on any atom is 0.228 e. The van der Waals surface area contributed by atoms with Gasteiger partial charge in [-0.3, -0.25) is 14.5 Å². The number of amides is 2. The van der Waals surface area contributed by atoms with Crippen LogP contribution in [0.3, 0.4) is 0 Å². The van der Waals surface area contributed by atoms with Crippen molar-refractivity contribution in [1.82, 2.24) is 15.1 Å². The Hall–Kier alpha value is -1.74. The Morgan fingerprint density at radius 3 is 2.44 bits per heavy atom. The number of rotatable bonds is 4. The molecule has 8 nitrogen and oxygen atoms in total. The highest BCUT2D eigenvalue weighted by Gasteiger charge is 2.32. The molecule has 0 atom stereocenters. The zero-order chi connectivity index (χ0) is 18.8. The average molecular weight is 394 g/mol. The summed E-state index contributed by atoms with van der Waals surface area (Å²) in [6, 6.07) is 0. The van der Waals surface area contributed by atoms with Crippen LogP contribution >= 0.6 is 11.3 Å². The third kappa shape index (κ3) is 3.94. The van der Waals surface area contributed by atoms with Gasteiger partial charge in [0.25, 0.3) is 0 Å². The number of hydrogen-bond donors (Lipinski definition) is 1. The molecule has 0 unspecified atom stereocenters. The van der Waals surface area contributed by atoms with Gasteiger partial charge in [0.1, 0.15) is 0 Å². The van der Waals surface area contributed by atoms with Crippen molar-refractivity contribution >= 4 is 33.4 Å². The molecule has 1 aromatic rings. The standard InChI is InChI=1S/C18H28N6O2S/c1-2-21-10-12-22(13-11-21)16(26)14-5-8-23(9-6-14)17-19-20-18(27-17)24-7-3-4-15(24)25/h14H,2-13H2,1H3/p+1. The minimum atomic E-state index is 0.136. The fraction of sp³-hybridized carbons (Fsp3) is 0.778.